The van der Waals surface area contributed by atoms with Crippen molar-refractivity contribution in [2.75, 3.05) is 11.9 Å². The first kappa shape index (κ1) is 22.3. The van der Waals surface area contributed by atoms with E-state index in [2.05, 4.69) is 5.32 Å². The standard InChI is InChI=1S/C25H19FN2O4S/c26-21-9-5-4-6-18(21)16-32-20-12-10-17(11-13-20)14-22-24(30)28(25(31)33-22)15-23(29)27-19-7-2-1-3-8-19/h1-14H,15-16H2,(H,27,29)/b22-14-. The Balaban J connectivity index is 1.36. The van der Waals surface area contributed by atoms with Crippen LogP contribution >= 0.6 is 11.8 Å². The van der Waals surface area contributed by atoms with Crippen LogP contribution in [-0.2, 0) is 16.2 Å². The monoisotopic (exact) mass is 462 g/mol. The zero-order chi connectivity index (χ0) is 23.2. The Bertz CT molecular complexity index is 1210. The van der Waals surface area contributed by atoms with Gasteiger partial charge in [0, 0.05) is 11.3 Å². The van der Waals surface area contributed by atoms with E-state index >= 15 is 0 Å². The molecule has 1 saturated heterocycles. The van der Waals surface area contributed by atoms with E-state index in [1.54, 1.807) is 72.8 Å². The molecule has 0 radical (unpaired) electrons. The highest BCUT2D eigenvalue weighted by Crippen LogP contribution is 2.32. The number of ether oxygens (including phenoxy) is 1. The third-order valence-corrected chi connectivity index (χ3v) is 5.67. The first-order valence-electron chi connectivity index (χ1n) is 10.1. The SMILES string of the molecule is O=C(CN1C(=O)S/C(=C\c2ccc(OCc3ccccc3F)cc2)C1=O)Nc1ccccc1. The number of imide groups is 1. The van der Waals surface area contributed by atoms with Crippen LogP contribution in [0.2, 0.25) is 0 Å². The highest BCUT2D eigenvalue weighted by atomic mass is 32.2. The number of carbonyl (C=O) groups is 3. The van der Waals surface area contributed by atoms with Crippen molar-refractivity contribution in [1.29, 1.82) is 0 Å². The number of thioether (sulfide) groups is 1. The quantitative estimate of drug-likeness (QED) is 0.496. The van der Waals surface area contributed by atoms with E-state index in [-0.39, 0.29) is 23.9 Å². The van der Waals surface area contributed by atoms with E-state index in [0.29, 0.717) is 22.6 Å². The van der Waals surface area contributed by atoms with Gasteiger partial charge in [-0.1, -0.05) is 48.5 Å². The molecule has 33 heavy (non-hydrogen) atoms. The number of hydrogen-bond acceptors (Lipinski definition) is 5. The van der Waals surface area contributed by atoms with Gasteiger partial charge < -0.3 is 10.1 Å². The maximum Gasteiger partial charge on any atom is 0.294 e. The fourth-order valence-electron chi connectivity index (χ4n) is 3.09. The van der Waals surface area contributed by atoms with Gasteiger partial charge in [0.2, 0.25) is 5.91 Å². The second-order valence-corrected chi connectivity index (χ2v) is 8.12. The Labute approximate surface area is 194 Å². The molecule has 0 saturated carbocycles. The largest absolute Gasteiger partial charge is 0.489 e. The molecule has 1 N–H and O–H groups in total. The summed E-state index contributed by atoms with van der Waals surface area (Å²) in [6.45, 7) is -0.268. The molecule has 4 rings (SSSR count). The molecule has 0 aliphatic carbocycles. The van der Waals surface area contributed by atoms with Crippen LogP contribution in [0.25, 0.3) is 6.08 Å². The highest BCUT2D eigenvalue weighted by Gasteiger charge is 2.36. The van der Waals surface area contributed by atoms with Gasteiger partial charge >= 0.3 is 0 Å². The van der Waals surface area contributed by atoms with Crippen molar-refractivity contribution < 1.29 is 23.5 Å². The predicted molar refractivity (Wildman–Crippen MR) is 125 cm³/mol. The molecule has 1 fully saturated rings. The summed E-state index contributed by atoms with van der Waals surface area (Å²) in [4.78, 5) is 38.3. The smallest absolute Gasteiger partial charge is 0.294 e. The molecule has 0 aromatic heterocycles. The van der Waals surface area contributed by atoms with Crippen molar-refractivity contribution in [1.82, 2.24) is 4.90 Å². The molecule has 8 heteroatoms. The number of carbonyl (C=O) groups excluding carboxylic acids is 3. The molecule has 3 amide bonds. The first-order chi connectivity index (χ1) is 16.0. The van der Waals surface area contributed by atoms with E-state index in [1.165, 1.54) is 6.07 Å². The van der Waals surface area contributed by atoms with Gasteiger partial charge in [0.25, 0.3) is 11.1 Å². The van der Waals surface area contributed by atoms with Crippen LogP contribution in [0.1, 0.15) is 11.1 Å². The molecule has 6 nitrogen and oxygen atoms in total. The lowest BCUT2D eigenvalue weighted by atomic mass is 10.2. The summed E-state index contributed by atoms with van der Waals surface area (Å²) in [5.74, 6) is -0.766. The van der Waals surface area contributed by atoms with E-state index in [9.17, 15) is 18.8 Å². The van der Waals surface area contributed by atoms with E-state index in [0.717, 1.165) is 16.7 Å². The molecule has 3 aromatic rings. The number of hydrogen-bond donors (Lipinski definition) is 1. The number of rotatable bonds is 7. The van der Waals surface area contributed by atoms with Gasteiger partial charge in [0.15, 0.2) is 0 Å². The van der Waals surface area contributed by atoms with Crippen molar-refractivity contribution in [3.05, 3.63) is 101 Å². The summed E-state index contributed by atoms with van der Waals surface area (Å²) in [5.41, 5.74) is 1.72. The number of amides is 3. The van der Waals surface area contributed by atoms with Gasteiger partial charge in [0.1, 0.15) is 24.7 Å². The molecular formula is C25H19FN2O4S. The number of benzene rings is 3. The number of halogens is 1. The summed E-state index contributed by atoms with van der Waals surface area (Å²) < 4.78 is 19.3. The molecule has 1 heterocycles. The van der Waals surface area contributed by atoms with Crippen LogP contribution in [-0.4, -0.2) is 28.5 Å². The second-order valence-electron chi connectivity index (χ2n) is 7.13. The topological polar surface area (TPSA) is 75.7 Å². The van der Waals surface area contributed by atoms with Crippen LogP contribution < -0.4 is 10.1 Å². The molecule has 166 valence electrons. The zero-order valence-corrected chi connectivity index (χ0v) is 18.2. The number of nitrogens with zero attached hydrogens (tertiary/aromatic N) is 1. The Hall–Kier alpha value is -3.91. The van der Waals surface area contributed by atoms with Gasteiger partial charge in [-0.2, -0.15) is 0 Å². The highest BCUT2D eigenvalue weighted by molar-refractivity contribution is 8.18. The lowest BCUT2D eigenvalue weighted by molar-refractivity contribution is -0.127. The average molecular weight is 463 g/mol. The van der Waals surface area contributed by atoms with Crippen molar-refractivity contribution in [2.24, 2.45) is 0 Å². The van der Waals surface area contributed by atoms with Gasteiger partial charge in [-0.15, -0.1) is 0 Å². The number of nitrogens with one attached hydrogen (secondary N) is 1. The summed E-state index contributed by atoms with van der Waals surface area (Å²) in [6.07, 6.45) is 1.58. The first-order valence-corrected chi connectivity index (χ1v) is 10.9. The van der Waals surface area contributed by atoms with Gasteiger partial charge in [0.05, 0.1) is 4.91 Å². The summed E-state index contributed by atoms with van der Waals surface area (Å²) in [7, 11) is 0. The molecule has 0 spiro atoms. The summed E-state index contributed by atoms with van der Waals surface area (Å²) >= 11 is 0.784. The summed E-state index contributed by atoms with van der Waals surface area (Å²) in [5, 5.41) is 2.16. The lowest BCUT2D eigenvalue weighted by Crippen LogP contribution is -2.36. The minimum Gasteiger partial charge on any atom is -0.489 e. The van der Waals surface area contributed by atoms with Crippen LogP contribution in [0.15, 0.2) is 83.8 Å². The Kier molecular flexibility index (Phi) is 6.85. The molecule has 1 aliphatic heterocycles. The molecule has 3 aromatic carbocycles. The van der Waals surface area contributed by atoms with E-state index in [4.69, 9.17) is 4.74 Å². The van der Waals surface area contributed by atoms with Crippen LogP contribution in [0, 0.1) is 5.82 Å². The fourth-order valence-corrected chi connectivity index (χ4v) is 3.93. The van der Waals surface area contributed by atoms with Gasteiger partial charge in [-0.05, 0) is 53.7 Å². The molecule has 0 atom stereocenters. The molecule has 0 bridgehead atoms. The van der Waals surface area contributed by atoms with Crippen molar-refractivity contribution >= 4 is 40.6 Å². The molecule has 1 aliphatic rings. The Morgan fingerprint density at radius 1 is 0.970 bits per heavy atom. The van der Waals surface area contributed by atoms with Gasteiger partial charge in [-0.3, -0.25) is 19.3 Å². The fraction of sp³-hybridized carbons (Fsp3) is 0.0800. The summed E-state index contributed by atoms with van der Waals surface area (Å²) in [6, 6.07) is 22.0. The van der Waals surface area contributed by atoms with Crippen LogP contribution in [0.4, 0.5) is 14.9 Å². The van der Waals surface area contributed by atoms with Crippen LogP contribution in [0.5, 0.6) is 5.75 Å². The third kappa shape index (κ3) is 5.67. The number of para-hydroxylation sites is 1. The second kappa shape index (κ2) is 10.1. The molecule has 0 unspecified atom stereocenters. The Morgan fingerprint density at radius 2 is 1.67 bits per heavy atom. The van der Waals surface area contributed by atoms with Gasteiger partial charge in [-0.25, -0.2) is 4.39 Å². The Morgan fingerprint density at radius 3 is 2.39 bits per heavy atom. The van der Waals surface area contributed by atoms with E-state index in [1.807, 2.05) is 6.07 Å². The maximum atomic E-state index is 13.7. The molecular weight excluding hydrogens is 443 g/mol. The number of anilines is 1. The minimum absolute atomic E-state index is 0.0932. The van der Waals surface area contributed by atoms with Crippen molar-refractivity contribution in [2.45, 2.75) is 6.61 Å². The third-order valence-electron chi connectivity index (χ3n) is 4.76. The minimum atomic E-state index is -0.520. The predicted octanol–water partition coefficient (Wildman–Crippen LogP) is 5.08. The maximum absolute atomic E-state index is 13.7. The lowest BCUT2D eigenvalue weighted by Gasteiger charge is -2.12. The van der Waals surface area contributed by atoms with E-state index < -0.39 is 17.1 Å². The normalized spacial score (nSPS) is 14.6. The zero-order valence-electron chi connectivity index (χ0n) is 17.4. The van der Waals surface area contributed by atoms with Crippen LogP contribution in [0.3, 0.4) is 0 Å². The van der Waals surface area contributed by atoms with Crippen molar-refractivity contribution in [3.63, 3.8) is 0 Å². The van der Waals surface area contributed by atoms with Crippen molar-refractivity contribution in [3.8, 4) is 5.75 Å². The average Bonchev–Trinajstić information content (AvgIpc) is 3.07.